The Morgan fingerprint density at radius 3 is 2.68 bits per heavy atom. The highest BCUT2D eigenvalue weighted by Crippen LogP contribution is 2.22. The van der Waals surface area contributed by atoms with Crippen LogP contribution in [0.1, 0.15) is 23.7 Å². The van der Waals surface area contributed by atoms with E-state index in [0.717, 1.165) is 6.54 Å². The van der Waals surface area contributed by atoms with Gasteiger partial charge in [-0.05, 0) is 24.7 Å². The summed E-state index contributed by atoms with van der Waals surface area (Å²) in [5.74, 6) is 0.623. The number of rotatable bonds is 8. The molecule has 0 aliphatic rings. The van der Waals surface area contributed by atoms with Crippen LogP contribution in [0.4, 0.5) is 5.69 Å². The van der Waals surface area contributed by atoms with Gasteiger partial charge in [-0.2, -0.15) is 0 Å². The van der Waals surface area contributed by atoms with Crippen molar-refractivity contribution in [2.24, 2.45) is 0 Å². The van der Waals surface area contributed by atoms with Crippen molar-refractivity contribution in [2.45, 2.75) is 13.3 Å². The number of anilines is 1. The summed E-state index contributed by atoms with van der Waals surface area (Å²) in [5.41, 5.74) is 6.84. The predicted octanol–water partition coefficient (Wildman–Crippen LogP) is 1.16. The predicted molar refractivity (Wildman–Crippen MR) is 75.6 cm³/mol. The van der Waals surface area contributed by atoms with E-state index in [1.54, 1.807) is 25.3 Å². The monoisotopic (exact) mass is 266 g/mol. The first-order chi connectivity index (χ1) is 9.12. The van der Waals surface area contributed by atoms with Gasteiger partial charge in [0.15, 0.2) is 5.78 Å². The van der Waals surface area contributed by atoms with Crippen molar-refractivity contribution in [3.63, 3.8) is 0 Å². The summed E-state index contributed by atoms with van der Waals surface area (Å²) in [6, 6.07) is 5.07. The number of hydrogen-bond acceptors (Lipinski definition) is 5. The second-order valence-corrected chi connectivity index (χ2v) is 4.29. The van der Waals surface area contributed by atoms with Gasteiger partial charge in [0, 0.05) is 25.1 Å². The van der Waals surface area contributed by atoms with Gasteiger partial charge in [0.25, 0.3) is 0 Å². The normalized spacial score (nSPS) is 10.7. The molecule has 19 heavy (non-hydrogen) atoms. The van der Waals surface area contributed by atoms with Gasteiger partial charge in [-0.1, -0.05) is 6.92 Å². The number of nitrogens with zero attached hydrogens (tertiary/aromatic N) is 1. The Labute approximate surface area is 114 Å². The van der Waals surface area contributed by atoms with Crippen molar-refractivity contribution < 1.29 is 14.6 Å². The van der Waals surface area contributed by atoms with Crippen LogP contribution in [-0.4, -0.2) is 49.1 Å². The molecule has 0 radical (unpaired) electrons. The van der Waals surface area contributed by atoms with E-state index < -0.39 is 0 Å². The first-order valence-electron chi connectivity index (χ1n) is 6.42. The molecule has 5 heteroatoms. The fourth-order valence-electron chi connectivity index (χ4n) is 1.88. The Hall–Kier alpha value is -1.59. The standard InChI is InChI=1S/C14H22N2O3/c1-3-16(8-9-17)7-6-13(18)11-4-5-14(19-2)12(15)10-11/h4-5,10,17H,3,6-9,15H2,1-2H3. The second kappa shape index (κ2) is 7.76. The summed E-state index contributed by atoms with van der Waals surface area (Å²) in [6.07, 6.45) is 0.416. The van der Waals surface area contributed by atoms with Crippen LogP contribution < -0.4 is 10.5 Å². The molecule has 0 aliphatic carbocycles. The number of ether oxygens (including phenoxy) is 1. The average Bonchev–Trinajstić information content (AvgIpc) is 2.42. The van der Waals surface area contributed by atoms with Crippen molar-refractivity contribution in [1.82, 2.24) is 4.90 Å². The largest absolute Gasteiger partial charge is 0.495 e. The summed E-state index contributed by atoms with van der Waals surface area (Å²) in [4.78, 5) is 14.1. The quantitative estimate of drug-likeness (QED) is 0.545. The van der Waals surface area contributed by atoms with E-state index in [2.05, 4.69) is 0 Å². The maximum Gasteiger partial charge on any atom is 0.164 e. The number of benzene rings is 1. The molecule has 1 aromatic carbocycles. The van der Waals surface area contributed by atoms with Crippen molar-refractivity contribution in [3.8, 4) is 5.75 Å². The number of ketones is 1. The lowest BCUT2D eigenvalue weighted by molar-refractivity contribution is 0.0959. The van der Waals surface area contributed by atoms with Crippen molar-refractivity contribution >= 4 is 11.5 Å². The summed E-state index contributed by atoms with van der Waals surface area (Å²) in [6.45, 7) is 4.16. The molecule has 0 amide bonds. The molecule has 0 atom stereocenters. The Morgan fingerprint density at radius 2 is 2.16 bits per heavy atom. The number of carbonyl (C=O) groups is 1. The van der Waals surface area contributed by atoms with Gasteiger partial charge in [-0.25, -0.2) is 0 Å². The number of carbonyl (C=O) groups excluding carboxylic acids is 1. The summed E-state index contributed by atoms with van der Waals surface area (Å²) < 4.78 is 5.05. The molecule has 0 aliphatic heterocycles. The third kappa shape index (κ3) is 4.54. The van der Waals surface area contributed by atoms with Crippen LogP contribution in [0.5, 0.6) is 5.75 Å². The summed E-state index contributed by atoms with van der Waals surface area (Å²) in [5, 5.41) is 8.89. The van der Waals surface area contributed by atoms with E-state index in [4.69, 9.17) is 15.6 Å². The number of Topliss-reactive ketones (excluding diaryl/α,β-unsaturated/α-hetero) is 1. The fourth-order valence-corrected chi connectivity index (χ4v) is 1.88. The SMILES string of the molecule is CCN(CCO)CCC(=O)c1ccc(OC)c(N)c1. The Morgan fingerprint density at radius 1 is 1.42 bits per heavy atom. The molecule has 1 aromatic rings. The van der Waals surface area contributed by atoms with Gasteiger partial charge in [-0.15, -0.1) is 0 Å². The fraction of sp³-hybridized carbons (Fsp3) is 0.500. The van der Waals surface area contributed by atoms with Gasteiger partial charge < -0.3 is 20.5 Å². The zero-order valence-corrected chi connectivity index (χ0v) is 11.6. The molecule has 0 bridgehead atoms. The molecule has 1 rings (SSSR count). The van der Waals surface area contributed by atoms with Crippen LogP contribution in [0.25, 0.3) is 0 Å². The molecule has 0 saturated heterocycles. The number of likely N-dealkylation sites (N-methyl/N-ethyl adjacent to an activating group) is 1. The average molecular weight is 266 g/mol. The molecular formula is C14H22N2O3. The molecule has 0 fully saturated rings. The van der Waals surface area contributed by atoms with Crippen LogP contribution in [-0.2, 0) is 0 Å². The zero-order chi connectivity index (χ0) is 14.3. The Kier molecular flexibility index (Phi) is 6.32. The van der Waals surface area contributed by atoms with E-state index in [-0.39, 0.29) is 12.4 Å². The van der Waals surface area contributed by atoms with Crippen LogP contribution in [0.2, 0.25) is 0 Å². The molecule has 0 saturated carbocycles. The van der Waals surface area contributed by atoms with Crippen LogP contribution in [0, 0.1) is 0 Å². The van der Waals surface area contributed by atoms with Gasteiger partial charge in [0.05, 0.1) is 19.4 Å². The van der Waals surface area contributed by atoms with E-state index >= 15 is 0 Å². The first kappa shape index (κ1) is 15.5. The molecule has 0 spiro atoms. The minimum Gasteiger partial charge on any atom is -0.495 e. The second-order valence-electron chi connectivity index (χ2n) is 4.29. The number of nitrogen functional groups attached to an aromatic ring is 1. The maximum absolute atomic E-state index is 12.0. The molecule has 0 aromatic heterocycles. The third-order valence-electron chi connectivity index (χ3n) is 3.07. The van der Waals surface area contributed by atoms with Gasteiger partial charge in [0.1, 0.15) is 5.75 Å². The number of methoxy groups -OCH3 is 1. The zero-order valence-electron chi connectivity index (χ0n) is 11.6. The lowest BCUT2D eigenvalue weighted by Crippen LogP contribution is -2.29. The molecule has 0 unspecified atom stereocenters. The van der Waals surface area contributed by atoms with Crippen LogP contribution in [0.3, 0.4) is 0 Å². The number of hydrogen-bond donors (Lipinski definition) is 2. The first-order valence-corrected chi connectivity index (χ1v) is 6.42. The molecule has 106 valence electrons. The lowest BCUT2D eigenvalue weighted by atomic mass is 10.1. The molecular weight excluding hydrogens is 244 g/mol. The molecule has 3 N–H and O–H groups in total. The molecule has 5 nitrogen and oxygen atoms in total. The van der Waals surface area contributed by atoms with E-state index in [9.17, 15) is 4.79 Å². The van der Waals surface area contributed by atoms with Gasteiger partial charge in [-0.3, -0.25) is 4.79 Å². The highest BCUT2D eigenvalue weighted by molar-refractivity contribution is 5.97. The van der Waals surface area contributed by atoms with E-state index in [1.165, 1.54) is 0 Å². The topological polar surface area (TPSA) is 75.8 Å². The van der Waals surface area contributed by atoms with Crippen molar-refractivity contribution in [2.75, 3.05) is 39.1 Å². The minimum absolute atomic E-state index is 0.0470. The maximum atomic E-state index is 12.0. The molecule has 0 heterocycles. The number of nitrogens with two attached hydrogens (primary N) is 1. The number of aliphatic hydroxyl groups excluding tert-OH is 1. The van der Waals surface area contributed by atoms with E-state index in [0.29, 0.717) is 36.5 Å². The smallest absolute Gasteiger partial charge is 0.164 e. The third-order valence-corrected chi connectivity index (χ3v) is 3.07. The highest BCUT2D eigenvalue weighted by atomic mass is 16.5. The Bertz CT molecular complexity index is 421. The van der Waals surface area contributed by atoms with Crippen molar-refractivity contribution in [3.05, 3.63) is 23.8 Å². The van der Waals surface area contributed by atoms with Gasteiger partial charge >= 0.3 is 0 Å². The minimum atomic E-state index is 0.0470. The van der Waals surface area contributed by atoms with E-state index in [1.807, 2.05) is 11.8 Å². The lowest BCUT2D eigenvalue weighted by Gasteiger charge is -2.18. The van der Waals surface area contributed by atoms with Crippen molar-refractivity contribution in [1.29, 1.82) is 0 Å². The van der Waals surface area contributed by atoms with Crippen LogP contribution >= 0.6 is 0 Å². The number of aliphatic hydroxyl groups is 1. The summed E-state index contributed by atoms with van der Waals surface area (Å²) in [7, 11) is 1.54. The Balaban J connectivity index is 2.60. The van der Waals surface area contributed by atoms with Gasteiger partial charge in [0.2, 0.25) is 0 Å². The summed E-state index contributed by atoms with van der Waals surface area (Å²) >= 11 is 0. The highest BCUT2D eigenvalue weighted by Gasteiger charge is 2.10. The van der Waals surface area contributed by atoms with Crippen LogP contribution in [0.15, 0.2) is 18.2 Å².